The van der Waals surface area contributed by atoms with Crippen LogP contribution in [0, 0.1) is 29.2 Å². The first-order chi connectivity index (χ1) is 17.4. The minimum absolute atomic E-state index is 0.0325. The van der Waals surface area contributed by atoms with Crippen LogP contribution in [0.5, 0.6) is 5.75 Å². The summed E-state index contributed by atoms with van der Waals surface area (Å²) < 4.78 is 69.1. The zero-order valence-corrected chi connectivity index (χ0v) is 20.8. The van der Waals surface area contributed by atoms with Crippen LogP contribution in [-0.4, -0.2) is 13.7 Å². The Labute approximate surface area is 210 Å². The molecule has 36 heavy (non-hydrogen) atoms. The molecule has 1 saturated carbocycles. The second-order valence-electron chi connectivity index (χ2n) is 9.46. The van der Waals surface area contributed by atoms with Gasteiger partial charge < -0.3 is 9.47 Å². The van der Waals surface area contributed by atoms with Crippen molar-refractivity contribution in [3.8, 4) is 16.9 Å². The fourth-order valence-corrected chi connectivity index (χ4v) is 5.14. The molecule has 0 bridgehead atoms. The number of hydrogen-bond acceptors (Lipinski definition) is 2. The van der Waals surface area contributed by atoms with Crippen LogP contribution in [-0.2, 0) is 17.8 Å². The molecule has 3 aromatic rings. The van der Waals surface area contributed by atoms with Gasteiger partial charge in [-0.25, -0.2) is 17.6 Å². The fourth-order valence-electron chi connectivity index (χ4n) is 5.14. The van der Waals surface area contributed by atoms with Gasteiger partial charge in [0.25, 0.3) is 0 Å². The number of ether oxygens (including phenoxy) is 2. The molecule has 1 fully saturated rings. The van der Waals surface area contributed by atoms with Gasteiger partial charge >= 0.3 is 0 Å². The van der Waals surface area contributed by atoms with Crippen LogP contribution in [0.4, 0.5) is 17.6 Å². The molecule has 1 aliphatic carbocycles. The standard InChI is InChI=1S/C30H32F4O2/c1-3-36-18-23-13-17-26(30(34)28(23)32)20-7-4-19(5-8-20)6-9-22-12-16-25(29(33)27(22)31)21-10-14-24(35-2)15-11-21/h10-17,19-20H,3-9,18H2,1-2H3. The van der Waals surface area contributed by atoms with Gasteiger partial charge in [0.05, 0.1) is 13.7 Å². The third-order valence-electron chi connectivity index (χ3n) is 7.33. The second kappa shape index (κ2) is 11.9. The summed E-state index contributed by atoms with van der Waals surface area (Å²) in [5.41, 5.74) is 1.84. The van der Waals surface area contributed by atoms with Crippen molar-refractivity contribution in [1.29, 1.82) is 0 Å². The number of rotatable bonds is 9. The first-order valence-electron chi connectivity index (χ1n) is 12.6. The predicted molar refractivity (Wildman–Crippen MR) is 133 cm³/mol. The molecule has 0 heterocycles. The second-order valence-corrected chi connectivity index (χ2v) is 9.46. The molecular formula is C30H32F4O2. The zero-order chi connectivity index (χ0) is 25.7. The number of methoxy groups -OCH3 is 1. The van der Waals surface area contributed by atoms with Gasteiger partial charge in [-0.15, -0.1) is 0 Å². The van der Waals surface area contributed by atoms with Crippen molar-refractivity contribution >= 4 is 0 Å². The van der Waals surface area contributed by atoms with Crippen LogP contribution < -0.4 is 4.74 Å². The summed E-state index contributed by atoms with van der Waals surface area (Å²) in [7, 11) is 1.55. The molecule has 6 heteroatoms. The average Bonchev–Trinajstić information content (AvgIpc) is 2.91. The smallest absolute Gasteiger partial charge is 0.166 e. The minimum Gasteiger partial charge on any atom is -0.497 e. The summed E-state index contributed by atoms with van der Waals surface area (Å²) in [5, 5.41) is 0. The molecule has 0 radical (unpaired) electrons. The quantitative estimate of drug-likeness (QED) is 0.275. The van der Waals surface area contributed by atoms with Gasteiger partial charge in [-0.2, -0.15) is 0 Å². The lowest BCUT2D eigenvalue weighted by molar-refractivity contribution is 0.130. The van der Waals surface area contributed by atoms with Gasteiger partial charge in [0.1, 0.15) is 5.75 Å². The van der Waals surface area contributed by atoms with E-state index in [2.05, 4.69) is 0 Å². The third kappa shape index (κ3) is 5.75. The van der Waals surface area contributed by atoms with Crippen LogP contribution in [0.25, 0.3) is 11.1 Å². The molecule has 2 nitrogen and oxygen atoms in total. The van der Waals surface area contributed by atoms with Crippen molar-refractivity contribution in [2.75, 3.05) is 13.7 Å². The molecule has 0 aliphatic heterocycles. The van der Waals surface area contributed by atoms with Crippen molar-refractivity contribution in [1.82, 2.24) is 0 Å². The number of hydrogen-bond donors (Lipinski definition) is 0. The van der Waals surface area contributed by atoms with E-state index in [1.165, 1.54) is 0 Å². The van der Waals surface area contributed by atoms with Crippen LogP contribution in [0.15, 0.2) is 48.5 Å². The molecule has 1 aliphatic rings. The highest BCUT2D eigenvalue weighted by Gasteiger charge is 2.27. The van der Waals surface area contributed by atoms with E-state index in [1.807, 2.05) is 6.92 Å². The Bertz CT molecular complexity index is 1170. The summed E-state index contributed by atoms with van der Waals surface area (Å²) in [6.45, 7) is 2.31. The van der Waals surface area contributed by atoms with Gasteiger partial charge in [-0.1, -0.05) is 36.4 Å². The minimum atomic E-state index is -0.841. The highest BCUT2D eigenvalue weighted by atomic mass is 19.2. The molecule has 3 aromatic carbocycles. The maximum Gasteiger partial charge on any atom is 0.166 e. The normalized spacial score (nSPS) is 17.8. The van der Waals surface area contributed by atoms with E-state index in [4.69, 9.17) is 9.47 Å². The van der Waals surface area contributed by atoms with Crippen molar-refractivity contribution < 1.29 is 27.0 Å². The monoisotopic (exact) mass is 500 g/mol. The number of benzene rings is 3. The summed E-state index contributed by atoms with van der Waals surface area (Å²) in [6.07, 6.45) is 4.37. The predicted octanol–water partition coefficient (Wildman–Crippen LogP) is 8.36. The van der Waals surface area contributed by atoms with E-state index in [0.29, 0.717) is 41.4 Å². The molecule has 0 unspecified atom stereocenters. The SMILES string of the molecule is CCOCc1ccc(C2CCC(CCc3ccc(-c4ccc(OC)cc4)c(F)c3F)CC2)c(F)c1F. The lowest BCUT2D eigenvalue weighted by Gasteiger charge is -2.29. The first-order valence-corrected chi connectivity index (χ1v) is 12.6. The van der Waals surface area contributed by atoms with Gasteiger partial charge in [0.15, 0.2) is 23.3 Å². The van der Waals surface area contributed by atoms with Crippen LogP contribution in [0.3, 0.4) is 0 Å². The van der Waals surface area contributed by atoms with E-state index in [0.717, 1.165) is 32.1 Å². The maximum atomic E-state index is 14.8. The summed E-state index contributed by atoms with van der Waals surface area (Å²) in [5.74, 6) is -2.28. The highest BCUT2D eigenvalue weighted by Crippen LogP contribution is 2.39. The molecule has 0 aromatic heterocycles. The molecular weight excluding hydrogens is 468 g/mol. The van der Waals surface area contributed by atoms with Gasteiger partial charge in [0, 0.05) is 17.7 Å². The van der Waals surface area contributed by atoms with E-state index >= 15 is 0 Å². The summed E-state index contributed by atoms with van der Waals surface area (Å²) in [6, 6.07) is 13.4. The zero-order valence-electron chi connectivity index (χ0n) is 20.8. The van der Waals surface area contributed by atoms with Crippen molar-refractivity contribution in [2.45, 2.75) is 58.0 Å². The Hall–Kier alpha value is -2.86. The molecule has 0 N–H and O–H groups in total. The molecule has 4 rings (SSSR count). The molecule has 0 amide bonds. The molecule has 192 valence electrons. The van der Waals surface area contributed by atoms with Gasteiger partial charge in [-0.05, 0) is 86.1 Å². The summed E-state index contributed by atoms with van der Waals surface area (Å²) >= 11 is 0. The topological polar surface area (TPSA) is 18.5 Å². The Kier molecular flexibility index (Phi) is 8.68. The van der Waals surface area contributed by atoms with E-state index in [1.54, 1.807) is 55.6 Å². The molecule has 0 saturated heterocycles. The van der Waals surface area contributed by atoms with E-state index in [-0.39, 0.29) is 23.7 Å². The number of halogens is 4. The molecule has 0 spiro atoms. The van der Waals surface area contributed by atoms with Crippen molar-refractivity contribution in [3.05, 3.63) is 88.5 Å². The lowest BCUT2D eigenvalue weighted by Crippen LogP contribution is -2.16. The van der Waals surface area contributed by atoms with Crippen molar-refractivity contribution in [3.63, 3.8) is 0 Å². The number of aryl methyl sites for hydroxylation is 1. The lowest BCUT2D eigenvalue weighted by atomic mass is 9.76. The Morgan fingerprint density at radius 1 is 0.750 bits per heavy atom. The van der Waals surface area contributed by atoms with E-state index in [9.17, 15) is 17.6 Å². The Morgan fingerprint density at radius 3 is 2.08 bits per heavy atom. The van der Waals surface area contributed by atoms with Crippen LogP contribution in [0.2, 0.25) is 0 Å². The van der Waals surface area contributed by atoms with Crippen molar-refractivity contribution in [2.24, 2.45) is 5.92 Å². The average molecular weight is 501 g/mol. The third-order valence-corrected chi connectivity index (χ3v) is 7.33. The Balaban J connectivity index is 1.34. The highest BCUT2D eigenvalue weighted by molar-refractivity contribution is 5.65. The fraction of sp³-hybridized carbons (Fsp3) is 0.400. The first kappa shape index (κ1) is 26.2. The van der Waals surface area contributed by atoms with E-state index < -0.39 is 23.3 Å². The molecule has 0 atom stereocenters. The Morgan fingerprint density at radius 2 is 1.42 bits per heavy atom. The summed E-state index contributed by atoms with van der Waals surface area (Å²) in [4.78, 5) is 0. The van der Waals surface area contributed by atoms with Crippen LogP contribution >= 0.6 is 0 Å². The van der Waals surface area contributed by atoms with Gasteiger partial charge in [-0.3, -0.25) is 0 Å². The van der Waals surface area contributed by atoms with Gasteiger partial charge in [0.2, 0.25) is 0 Å². The largest absolute Gasteiger partial charge is 0.497 e. The maximum absolute atomic E-state index is 14.8. The van der Waals surface area contributed by atoms with Crippen LogP contribution in [0.1, 0.15) is 61.6 Å².